The summed E-state index contributed by atoms with van der Waals surface area (Å²) in [6.45, 7) is 0. The molecule has 14 heavy (non-hydrogen) atoms. The van der Waals surface area contributed by atoms with E-state index in [1.807, 2.05) is 6.08 Å². The molecule has 1 saturated heterocycles. The third kappa shape index (κ3) is 1.85. The van der Waals surface area contributed by atoms with E-state index in [-0.39, 0.29) is 12.1 Å². The van der Waals surface area contributed by atoms with Gasteiger partial charge in [0, 0.05) is 11.9 Å². The second-order valence-corrected chi connectivity index (χ2v) is 4.26. The predicted molar refractivity (Wildman–Crippen MR) is 54.4 cm³/mol. The summed E-state index contributed by atoms with van der Waals surface area (Å²) in [6.07, 6.45) is 6.59. The van der Waals surface area contributed by atoms with E-state index < -0.39 is 6.00 Å². The molecule has 3 nitrogen and oxygen atoms in total. The third-order valence-corrected chi connectivity index (χ3v) is 3.13. The number of rotatable bonds is 2. The second kappa shape index (κ2) is 3.77. The van der Waals surface area contributed by atoms with Crippen LogP contribution in [-0.2, 0) is 9.53 Å². The fourth-order valence-electron chi connectivity index (χ4n) is 2.44. The van der Waals surface area contributed by atoms with Gasteiger partial charge in [-0.05, 0) is 18.8 Å². The zero-order valence-corrected chi connectivity index (χ0v) is 8.35. The molecule has 4 heteroatoms. The lowest BCUT2D eigenvalue weighted by Gasteiger charge is -2.11. The van der Waals surface area contributed by atoms with Gasteiger partial charge in [-0.1, -0.05) is 12.2 Å². The van der Waals surface area contributed by atoms with E-state index in [2.05, 4.69) is 0 Å². The molecule has 1 aliphatic carbocycles. The van der Waals surface area contributed by atoms with Crippen molar-refractivity contribution >= 4 is 13.8 Å². The average Bonchev–Trinajstić information content (AvgIpc) is 2.60. The topological polar surface area (TPSA) is 46.5 Å². The van der Waals surface area contributed by atoms with Crippen molar-refractivity contribution in [2.75, 3.05) is 0 Å². The van der Waals surface area contributed by atoms with Crippen LogP contribution >= 0.6 is 0 Å². The molecule has 1 saturated carbocycles. The summed E-state index contributed by atoms with van der Waals surface area (Å²) in [5.74, 6) is 0.716. The molecule has 4 atom stereocenters. The van der Waals surface area contributed by atoms with E-state index in [0.717, 1.165) is 12.8 Å². The Morgan fingerprint density at radius 2 is 2.36 bits per heavy atom. The summed E-state index contributed by atoms with van der Waals surface area (Å²) in [7, 11) is 1.74. The standard InChI is InChI=1S/C10H15BO3/c11-9(12)4-2-6-1-3-8-7(6)5-10(13)14-8/h2,4,6-9,12H,1,3,5,11H2/b4-2+/t6-,7-,8+,9+/m1/s1. The maximum absolute atomic E-state index is 11.0. The SMILES string of the molecule is B[C@@H](O)/C=C/[C@H]1CC[C@@H]2OC(=O)C[C@@H]21. The summed E-state index contributed by atoms with van der Waals surface area (Å²) in [4.78, 5) is 11.0. The van der Waals surface area contributed by atoms with Crippen LogP contribution in [0.5, 0.6) is 0 Å². The molecule has 0 aromatic carbocycles. The van der Waals surface area contributed by atoms with Gasteiger partial charge in [0.1, 0.15) is 14.0 Å². The Hall–Kier alpha value is -0.765. The highest BCUT2D eigenvalue weighted by atomic mass is 16.5. The monoisotopic (exact) mass is 194 g/mol. The first-order valence-corrected chi connectivity index (χ1v) is 5.22. The Morgan fingerprint density at radius 1 is 1.57 bits per heavy atom. The lowest BCUT2D eigenvalue weighted by Crippen LogP contribution is -2.12. The van der Waals surface area contributed by atoms with Gasteiger partial charge >= 0.3 is 5.97 Å². The van der Waals surface area contributed by atoms with Crippen LogP contribution in [0.4, 0.5) is 0 Å². The van der Waals surface area contributed by atoms with Crippen molar-refractivity contribution in [2.45, 2.75) is 31.4 Å². The molecule has 0 radical (unpaired) electrons. The van der Waals surface area contributed by atoms with Crippen LogP contribution in [-0.4, -0.2) is 31.0 Å². The number of carbonyl (C=O) groups excluding carboxylic acids is 1. The minimum Gasteiger partial charge on any atom is -0.462 e. The molecular formula is C10H15BO3. The van der Waals surface area contributed by atoms with Crippen molar-refractivity contribution < 1.29 is 14.6 Å². The minimum atomic E-state index is -0.396. The van der Waals surface area contributed by atoms with Crippen LogP contribution in [0.3, 0.4) is 0 Å². The van der Waals surface area contributed by atoms with Crippen LogP contribution < -0.4 is 0 Å². The largest absolute Gasteiger partial charge is 0.462 e. The Balaban J connectivity index is 1.98. The van der Waals surface area contributed by atoms with E-state index in [4.69, 9.17) is 9.84 Å². The maximum Gasteiger partial charge on any atom is 0.306 e. The summed E-state index contributed by atoms with van der Waals surface area (Å²) < 4.78 is 5.19. The minimum absolute atomic E-state index is 0.0600. The van der Waals surface area contributed by atoms with Crippen LogP contribution in [0, 0.1) is 11.8 Å². The van der Waals surface area contributed by atoms with E-state index in [0.29, 0.717) is 18.3 Å². The first-order valence-electron chi connectivity index (χ1n) is 5.22. The van der Waals surface area contributed by atoms with Gasteiger partial charge in [-0.3, -0.25) is 4.79 Å². The van der Waals surface area contributed by atoms with E-state index >= 15 is 0 Å². The lowest BCUT2D eigenvalue weighted by molar-refractivity contribution is -0.141. The highest BCUT2D eigenvalue weighted by molar-refractivity contribution is 6.12. The third-order valence-electron chi connectivity index (χ3n) is 3.13. The van der Waals surface area contributed by atoms with Gasteiger partial charge in [-0.2, -0.15) is 0 Å². The number of allylic oxidation sites excluding steroid dienone is 1. The Bertz CT molecular complexity index is 262. The van der Waals surface area contributed by atoms with Gasteiger partial charge < -0.3 is 9.84 Å². The van der Waals surface area contributed by atoms with E-state index in [1.165, 1.54) is 0 Å². The summed E-state index contributed by atoms with van der Waals surface area (Å²) in [5, 5.41) is 9.12. The summed E-state index contributed by atoms with van der Waals surface area (Å²) in [5.41, 5.74) is 0. The van der Waals surface area contributed by atoms with Crippen molar-refractivity contribution in [1.29, 1.82) is 0 Å². The van der Waals surface area contributed by atoms with Gasteiger partial charge in [-0.25, -0.2) is 0 Å². The van der Waals surface area contributed by atoms with Gasteiger partial charge in [0.05, 0.1) is 6.42 Å². The zero-order chi connectivity index (χ0) is 10.1. The molecular weight excluding hydrogens is 179 g/mol. The van der Waals surface area contributed by atoms with Crippen molar-refractivity contribution in [3.63, 3.8) is 0 Å². The van der Waals surface area contributed by atoms with Crippen LogP contribution in [0.15, 0.2) is 12.2 Å². The molecule has 1 N–H and O–H groups in total. The van der Waals surface area contributed by atoms with Crippen molar-refractivity contribution in [2.24, 2.45) is 11.8 Å². The number of aliphatic hydroxyl groups is 1. The number of hydrogen-bond acceptors (Lipinski definition) is 3. The van der Waals surface area contributed by atoms with Crippen molar-refractivity contribution in [3.8, 4) is 0 Å². The first kappa shape index (κ1) is 9.78. The molecule has 0 spiro atoms. The zero-order valence-electron chi connectivity index (χ0n) is 8.35. The molecule has 0 aromatic rings. The lowest BCUT2D eigenvalue weighted by atomic mass is 9.90. The van der Waals surface area contributed by atoms with Crippen LogP contribution in [0.25, 0.3) is 0 Å². The maximum atomic E-state index is 11.0. The molecule has 2 aliphatic rings. The van der Waals surface area contributed by atoms with Crippen molar-refractivity contribution in [3.05, 3.63) is 12.2 Å². The molecule has 76 valence electrons. The smallest absolute Gasteiger partial charge is 0.306 e. The quantitative estimate of drug-likeness (QED) is 0.377. The van der Waals surface area contributed by atoms with Gasteiger partial charge in [-0.15, -0.1) is 0 Å². The fourth-order valence-corrected chi connectivity index (χ4v) is 2.44. The first-order chi connectivity index (χ1) is 6.66. The fraction of sp³-hybridized carbons (Fsp3) is 0.700. The molecule has 2 rings (SSSR count). The molecule has 1 aliphatic heterocycles. The van der Waals surface area contributed by atoms with Gasteiger partial charge in [0.2, 0.25) is 0 Å². The number of fused-ring (bicyclic) bond motifs is 1. The Labute approximate surface area is 84.5 Å². The Morgan fingerprint density at radius 3 is 3.07 bits per heavy atom. The number of carbonyl (C=O) groups is 1. The molecule has 0 amide bonds. The molecule has 0 unspecified atom stereocenters. The van der Waals surface area contributed by atoms with Crippen molar-refractivity contribution in [1.82, 2.24) is 0 Å². The average molecular weight is 194 g/mol. The van der Waals surface area contributed by atoms with Gasteiger partial charge in [0.15, 0.2) is 0 Å². The van der Waals surface area contributed by atoms with E-state index in [1.54, 1.807) is 13.9 Å². The van der Waals surface area contributed by atoms with Crippen LogP contribution in [0.1, 0.15) is 19.3 Å². The molecule has 1 heterocycles. The number of hydrogen-bond donors (Lipinski definition) is 1. The normalized spacial score (nSPS) is 38.6. The summed E-state index contributed by atoms with van der Waals surface area (Å²) in [6, 6.07) is -0.396. The predicted octanol–water partition coefficient (Wildman–Crippen LogP) is -0.164. The molecule has 0 aromatic heterocycles. The number of esters is 1. The summed E-state index contributed by atoms with van der Waals surface area (Å²) >= 11 is 0. The molecule has 0 bridgehead atoms. The highest BCUT2D eigenvalue weighted by Gasteiger charge is 2.43. The number of ether oxygens (including phenoxy) is 1. The number of aliphatic hydroxyl groups excluding tert-OH is 1. The van der Waals surface area contributed by atoms with Crippen LogP contribution in [0.2, 0.25) is 0 Å². The second-order valence-electron chi connectivity index (χ2n) is 4.26. The van der Waals surface area contributed by atoms with E-state index in [9.17, 15) is 4.79 Å². The highest BCUT2D eigenvalue weighted by Crippen LogP contribution is 2.41. The van der Waals surface area contributed by atoms with Gasteiger partial charge in [0.25, 0.3) is 0 Å². The Kier molecular flexibility index (Phi) is 2.63. The molecule has 2 fully saturated rings.